The molecular formula is C45H41Cl4F7N4O8S. The summed E-state index contributed by atoms with van der Waals surface area (Å²) < 4.78 is 120. The van der Waals surface area contributed by atoms with E-state index in [0.29, 0.717) is 47.4 Å². The van der Waals surface area contributed by atoms with E-state index in [1.165, 1.54) is 42.5 Å². The average molecular weight is 1070 g/mol. The quantitative estimate of drug-likeness (QED) is 0.0881. The van der Waals surface area contributed by atoms with Gasteiger partial charge in [-0.15, -0.1) is 0 Å². The Morgan fingerprint density at radius 3 is 1.46 bits per heavy atom. The molecule has 0 aromatic heterocycles. The van der Waals surface area contributed by atoms with Crippen molar-refractivity contribution in [3.05, 3.63) is 137 Å². The molecule has 4 aliphatic heterocycles. The van der Waals surface area contributed by atoms with Gasteiger partial charge in [0.1, 0.15) is 0 Å². The molecule has 0 radical (unpaired) electrons. The molecule has 24 heteroatoms. The molecule has 2 saturated heterocycles. The summed E-state index contributed by atoms with van der Waals surface area (Å²) in [5.74, 6) is -0.861. The number of carbonyl (C=O) groups is 2. The number of hydroxylamine groups is 2. The van der Waals surface area contributed by atoms with E-state index in [9.17, 15) is 48.2 Å². The zero-order valence-corrected chi connectivity index (χ0v) is 39.3. The number of ketones is 2. The van der Waals surface area contributed by atoms with E-state index in [-0.39, 0.29) is 97.2 Å². The molecule has 0 spiro atoms. The molecule has 1 N–H and O–H groups in total. The third kappa shape index (κ3) is 11.7. The molecule has 2 fully saturated rings. The van der Waals surface area contributed by atoms with Crippen molar-refractivity contribution < 1.29 is 67.6 Å². The Bertz CT molecular complexity index is 2770. The van der Waals surface area contributed by atoms with Crippen LogP contribution in [0, 0.1) is 25.7 Å². The lowest BCUT2D eigenvalue weighted by Crippen LogP contribution is -2.42. The van der Waals surface area contributed by atoms with Gasteiger partial charge < -0.3 is 14.5 Å². The van der Waals surface area contributed by atoms with Crippen molar-refractivity contribution in [1.29, 1.82) is 0 Å². The summed E-state index contributed by atoms with van der Waals surface area (Å²) in [5.41, 5.74) is -0.453. The van der Waals surface area contributed by atoms with Crippen molar-refractivity contribution >= 4 is 79.8 Å². The third-order valence-corrected chi connectivity index (χ3v) is 13.2. The number of hydrogen-bond donors (Lipinski definition) is 1. The number of nitrogens with one attached hydrogen (secondary N) is 1. The Kier molecular flexibility index (Phi) is 16.2. The number of Topliss-reactive ketones (excluding diaryl/α,β-unsaturated/α-hetero) is 2. The topological polar surface area (TPSA) is 145 Å². The highest BCUT2D eigenvalue weighted by Crippen LogP contribution is 2.51. The first-order valence-electron chi connectivity index (χ1n) is 20.3. The van der Waals surface area contributed by atoms with Gasteiger partial charge in [0.2, 0.25) is 0 Å². The maximum Gasteiger partial charge on any atom is 0.435 e. The standard InChI is InChI=1S/C22H18Cl2F4N2O5S.C22H19Cl2F3N2O3.CH4/c1-12-4-14(2-3-18(12)20(31)5-13-10-30(34-11-13)36(28,32)33)19-9-21(35-29-19,22(25,26)27)15-6-16(23)8-17(24)7-15;1-12-4-14(2-3-18(12)20(30)5-13-10-28-31-11-13)19-9-21(32-29-19,22(25,26)27)15-6-16(23)8-17(24)7-15;/h2-4,6-8,13H,5,9-11H2,1H3;2-4,6-8,13,28H,5,9-11H2,1H3;1H4/t2*13-,21+;/m11./s1. The number of aryl methyl sites for hydroxylation is 2. The smallest absolute Gasteiger partial charge is 0.374 e. The van der Waals surface area contributed by atoms with Crippen LogP contribution in [-0.2, 0) is 41.0 Å². The zero-order valence-electron chi connectivity index (χ0n) is 35.4. The van der Waals surface area contributed by atoms with Gasteiger partial charge in [-0.3, -0.25) is 14.4 Å². The fraction of sp³-hybridized carbons (Fsp3) is 0.378. The Morgan fingerprint density at radius 1 is 0.696 bits per heavy atom. The predicted molar refractivity (Wildman–Crippen MR) is 243 cm³/mol. The SMILES string of the molecule is C.Cc1cc(C2=NO[C@@](c3cc(Cl)cc(Cl)c3)(C(F)(F)F)C2)ccc1C(=O)C[C@@H]1CNOC1.Cc1cc(C2=NO[C@@](c3cc(Cl)cc(Cl)c3)(C(F)(F)F)C2)ccc1C(=O)C[C@H]1CON(S(=O)(=O)F)C1. The number of carbonyl (C=O) groups excluding carboxylic acids is 2. The molecule has 4 aromatic carbocycles. The summed E-state index contributed by atoms with van der Waals surface area (Å²) in [6.07, 6.45) is -10.6. The largest absolute Gasteiger partial charge is 0.435 e. The minimum atomic E-state index is -5.02. The van der Waals surface area contributed by atoms with Crippen LogP contribution in [0.5, 0.6) is 0 Å². The van der Waals surface area contributed by atoms with Gasteiger partial charge in [-0.25, -0.2) is 5.48 Å². The molecule has 0 saturated carbocycles. The lowest BCUT2D eigenvalue weighted by Gasteiger charge is -2.29. The van der Waals surface area contributed by atoms with E-state index in [1.54, 1.807) is 32.0 Å². The van der Waals surface area contributed by atoms with Gasteiger partial charge in [-0.05, 0) is 84.6 Å². The molecule has 0 unspecified atom stereocenters. The van der Waals surface area contributed by atoms with E-state index in [0.717, 1.165) is 12.1 Å². The number of nitrogens with zero attached hydrogens (tertiary/aromatic N) is 3. The van der Waals surface area contributed by atoms with E-state index in [1.807, 2.05) is 0 Å². The number of oxime groups is 2. The number of halogens is 11. The van der Waals surface area contributed by atoms with Gasteiger partial charge in [-0.1, -0.05) is 96.8 Å². The van der Waals surface area contributed by atoms with Crippen LogP contribution in [0.1, 0.15) is 87.2 Å². The Labute approximate surface area is 411 Å². The van der Waals surface area contributed by atoms with Crippen molar-refractivity contribution in [2.45, 2.75) is 70.5 Å². The highest BCUT2D eigenvalue weighted by Gasteiger charge is 2.63. The van der Waals surface area contributed by atoms with Gasteiger partial charge in [0.05, 0.1) is 24.6 Å². The first-order valence-corrected chi connectivity index (χ1v) is 23.2. The van der Waals surface area contributed by atoms with Crippen LogP contribution in [0.25, 0.3) is 0 Å². The number of alkyl halides is 6. The Morgan fingerprint density at radius 2 is 1.12 bits per heavy atom. The molecule has 4 aliphatic rings. The molecule has 4 atom stereocenters. The van der Waals surface area contributed by atoms with Gasteiger partial charge >= 0.3 is 22.8 Å². The average Bonchev–Trinajstić information content (AvgIpc) is 4.07. The Hall–Kier alpha value is -4.38. The number of rotatable bonds is 11. The maximum atomic E-state index is 14.2. The zero-order chi connectivity index (χ0) is 49.6. The number of benzene rings is 4. The van der Waals surface area contributed by atoms with Crippen molar-refractivity contribution in [1.82, 2.24) is 9.95 Å². The first kappa shape index (κ1) is 54.0. The second kappa shape index (κ2) is 20.8. The third-order valence-electron chi connectivity index (χ3n) is 11.6. The van der Waals surface area contributed by atoms with Crippen LogP contribution in [-0.4, -0.2) is 74.5 Å². The molecule has 12 nitrogen and oxygen atoms in total. The van der Waals surface area contributed by atoms with E-state index < -0.39 is 52.7 Å². The summed E-state index contributed by atoms with van der Waals surface area (Å²) in [6.45, 7) is 3.96. The second-order valence-electron chi connectivity index (χ2n) is 16.5. The monoisotopic (exact) mass is 1070 g/mol. The van der Waals surface area contributed by atoms with E-state index in [2.05, 4.69) is 15.8 Å². The van der Waals surface area contributed by atoms with Crippen LogP contribution in [0.3, 0.4) is 0 Å². The lowest BCUT2D eigenvalue weighted by atomic mass is 9.86. The summed E-state index contributed by atoms with van der Waals surface area (Å²) in [6, 6.07) is 16.5. The molecular weight excluding hydrogens is 1030 g/mol. The minimum Gasteiger partial charge on any atom is -0.374 e. The van der Waals surface area contributed by atoms with E-state index >= 15 is 0 Å². The molecule has 69 heavy (non-hydrogen) atoms. The molecule has 0 bridgehead atoms. The summed E-state index contributed by atoms with van der Waals surface area (Å²) in [5, 5.41) is 7.62. The van der Waals surface area contributed by atoms with Crippen LogP contribution in [0.15, 0.2) is 83.1 Å². The van der Waals surface area contributed by atoms with Gasteiger partial charge in [0.15, 0.2) is 11.6 Å². The maximum absolute atomic E-state index is 14.2. The van der Waals surface area contributed by atoms with Crippen LogP contribution in [0.4, 0.5) is 30.2 Å². The molecule has 4 aromatic rings. The fourth-order valence-corrected chi connectivity index (χ4v) is 9.70. The van der Waals surface area contributed by atoms with Crippen molar-refractivity contribution in [3.8, 4) is 0 Å². The van der Waals surface area contributed by atoms with Crippen molar-refractivity contribution in [2.24, 2.45) is 22.1 Å². The van der Waals surface area contributed by atoms with Crippen molar-refractivity contribution in [3.63, 3.8) is 0 Å². The second-order valence-corrected chi connectivity index (χ2v) is 19.5. The predicted octanol–water partition coefficient (Wildman–Crippen LogP) is 11.8. The van der Waals surface area contributed by atoms with Crippen molar-refractivity contribution in [2.75, 3.05) is 26.3 Å². The van der Waals surface area contributed by atoms with Crippen LogP contribution >= 0.6 is 46.4 Å². The van der Waals surface area contributed by atoms with Crippen LogP contribution < -0.4 is 5.48 Å². The normalized spacial score (nSPS) is 22.7. The fourth-order valence-electron chi connectivity index (χ4n) is 8.07. The van der Waals surface area contributed by atoms with Gasteiger partial charge in [0, 0.05) is 93.0 Å². The van der Waals surface area contributed by atoms with E-state index in [4.69, 9.17) is 65.8 Å². The Balaban J connectivity index is 0.000000225. The van der Waals surface area contributed by atoms with Gasteiger partial charge in [0.25, 0.3) is 11.2 Å². The van der Waals surface area contributed by atoms with Gasteiger partial charge in [-0.2, -0.15) is 34.8 Å². The van der Waals surface area contributed by atoms with Crippen LogP contribution in [0.2, 0.25) is 20.1 Å². The minimum absolute atomic E-state index is 0. The molecule has 8 rings (SSSR count). The lowest BCUT2D eigenvalue weighted by molar-refractivity contribution is -0.276. The summed E-state index contributed by atoms with van der Waals surface area (Å²) >= 11 is 23.7. The highest BCUT2D eigenvalue weighted by atomic mass is 35.5. The summed E-state index contributed by atoms with van der Waals surface area (Å²) in [7, 11) is -5.02. The molecule has 0 aliphatic carbocycles. The highest BCUT2D eigenvalue weighted by molar-refractivity contribution is 7.83. The molecule has 4 heterocycles. The first-order chi connectivity index (χ1) is 31.8. The molecule has 372 valence electrons. The number of hydrogen-bond acceptors (Lipinski definition) is 11. The molecule has 0 amide bonds. The summed E-state index contributed by atoms with van der Waals surface area (Å²) in [4.78, 5) is 45.2.